The number of nitrogens with zero attached hydrogens (tertiary/aromatic N) is 3. The quantitative estimate of drug-likeness (QED) is 0.505. The molecule has 1 aromatic carbocycles. The maximum Gasteiger partial charge on any atom is 0.410 e. The van der Waals surface area contributed by atoms with E-state index in [0.29, 0.717) is 18.7 Å². The van der Waals surface area contributed by atoms with Gasteiger partial charge in [0, 0.05) is 32.6 Å². The molecule has 11 nitrogen and oxygen atoms in total. The van der Waals surface area contributed by atoms with E-state index in [0.717, 1.165) is 24.2 Å². The van der Waals surface area contributed by atoms with Crippen LogP contribution >= 0.6 is 0 Å². The summed E-state index contributed by atoms with van der Waals surface area (Å²) in [6, 6.07) is 7.14. The number of benzene rings is 1. The zero-order valence-electron chi connectivity index (χ0n) is 22.9. The van der Waals surface area contributed by atoms with Crippen molar-refractivity contribution in [3.63, 3.8) is 0 Å². The van der Waals surface area contributed by atoms with E-state index < -0.39 is 51.1 Å². The number of carbonyl (C=O) groups excluding carboxylic acids is 3. The van der Waals surface area contributed by atoms with E-state index in [4.69, 9.17) is 4.74 Å². The van der Waals surface area contributed by atoms with Gasteiger partial charge in [-0.15, -0.1) is 0 Å². The fraction of sp³-hybridized carbons (Fsp3) is 0.630. The Labute approximate surface area is 230 Å². The molecular weight excluding hydrogens is 526 g/mol. The number of hydrogen-bond donors (Lipinski definition) is 1. The number of rotatable bonds is 8. The molecular formula is C27H39N3O8S. The molecule has 3 rings (SSSR count). The van der Waals surface area contributed by atoms with Gasteiger partial charge in [-0.3, -0.25) is 9.59 Å². The third-order valence-electron chi connectivity index (χ3n) is 6.76. The maximum absolute atomic E-state index is 13.8. The van der Waals surface area contributed by atoms with Crippen LogP contribution in [0.5, 0.6) is 0 Å². The molecule has 0 unspecified atom stereocenters. The van der Waals surface area contributed by atoms with Crippen molar-refractivity contribution in [3.8, 4) is 0 Å². The normalized spacial score (nSPS) is 19.4. The molecule has 0 saturated carbocycles. The first-order valence-electron chi connectivity index (χ1n) is 13.3. The van der Waals surface area contributed by atoms with Gasteiger partial charge in [0.15, 0.2) is 9.84 Å². The Morgan fingerprint density at radius 3 is 2.21 bits per heavy atom. The van der Waals surface area contributed by atoms with Crippen LogP contribution in [0.2, 0.25) is 0 Å². The first-order valence-corrected chi connectivity index (χ1v) is 15.1. The lowest BCUT2D eigenvalue weighted by Gasteiger charge is -2.41. The Morgan fingerprint density at radius 1 is 0.974 bits per heavy atom. The topological polar surface area (TPSA) is 142 Å². The lowest BCUT2D eigenvalue weighted by molar-refractivity contribution is -0.155. The van der Waals surface area contributed by atoms with Gasteiger partial charge in [-0.05, 0) is 45.6 Å². The first-order chi connectivity index (χ1) is 18.3. The predicted octanol–water partition coefficient (Wildman–Crippen LogP) is 2.15. The Hall–Kier alpha value is -3.15. The smallest absolute Gasteiger partial charge is 0.410 e. The number of hydrogen-bond acceptors (Lipinski definition) is 7. The Balaban J connectivity index is 1.81. The molecule has 2 fully saturated rings. The highest BCUT2D eigenvalue weighted by Gasteiger charge is 2.42. The van der Waals surface area contributed by atoms with Gasteiger partial charge in [0.05, 0.1) is 24.0 Å². The van der Waals surface area contributed by atoms with Crippen LogP contribution < -0.4 is 0 Å². The van der Waals surface area contributed by atoms with Crippen LogP contribution in [0.3, 0.4) is 0 Å². The van der Waals surface area contributed by atoms with E-state index in [9.17, 15) is 32.7 Å². The van der Waals surface area contributed by atoms with Gasteiger partial charge in [-0.25, -0.2) is 18.0 Å². The van der Waals surface area contributed by atoms with Crippen molar-refractivity contribution in [1.29, 1.82) is 0 Å². The van der Waals surface area contributed by atoms with Gasteiger partial charge < -0.3 is 24.5 Å². The minimum atomic E-state index is -3.83. The van der Waals surface area contributed by atoms with Crippen LogP contribution in [-0.4, -0.2) is 102 Å². The van der Waals surface area contributed by atoms with E-state index in [1.165, 1.54) is 4.90 Å². The molecule has 1 N–H and O–H groups in total. The molecule has 2 saturated heterocycles. The lowest BCUT2D eigenvalue weighted by Crippen LogP contribution is -2.61. The molecule has 2 aliphatic heterocycles. The summed E-state index contributed by atoms with van der Waals surface area (Å²) in [5.41, 5.74) is -0.226. The minimum Gasteiger partial charge on any atom is -0.480 e. The summed E-state index contributed by atoms with van der Waals surface area (Å²) in [5, 5.41) is 9.92. The SMILES string of the molecule is CC(C)(C)OC(=O)N1CCN(C(=O)[C@@H](CC(=O)N2CCCCC2)CS(=O)(=O)Cc2ccccc2)[C@H](C(=O)O)C1. The summed E-state index contributed by atoms with van der Waals surface area (Å²) in [4.78, 5) is 55.6. The minimum absolute atomic E-state index is 0.0218. The fourth-order valence-corrected chi connectivity index (χ4v) is 6.57. The average molecular weight is 566 g/mol. The molecule has 2 atom stereocenters. The van der Waals surface area contributed by atoms with Gasteiger partial charge in [0.2, 0.25) is 11.8 Å². The van der Waals surface area contributed by atoms with Crippen LogP contribution in [0.25, 0.3) is 0 Å². The number of carboxylic acids is 1. The molecule has 12 heteroatoms. The summed E-state index contributed by atoms with van der Waals surface area (Å²) in [5.74, 6) is -4.49. The maximum atomic E-state index is 13.8. The third kappa shape index (κ3) is 8.94. The summed E-state index contributed by atoms with van der Waals surface area (Å²) < 4.78 is 31.7. The number of amides is 3. The molecule has 39 heavy (non-hydrogen) atoms. The molecule has 0 aliphatic carbocycles. The summed E-state index contributed by atoms with van der Waals surface area (Å²) in [7, 11) is -3.83. The molecule has 2 heterocycles. The van der Waals surface area contributed by atoms with E-state index in [2.05, 4.69) is 0 Å². The third-order valence-corrected chi connectivity index (χ3v) is 8.45. The number of likely N-dealkylation sites (tertiary alicyclic amines) is 1. The van der Waals surface area contributed by atoms with Crippen LogP contribution in [0.4, 0.5) is 4.79 Å². The highest BCUT2D eigenvalue weighted by atomic mass is 32.2. The highest BCUT2D eigenvalue weighted by molar-refractivity contribution is 7.90. The van der Waals surface area contributed by atoms with Crippen molar-refractivity contribution in [1.82, 2.24) is 14.7 Å². The van der Waals surface area contributed by atoms with E-state index in [-0.39, 0.29) is 37.7 Å². The monoisotopic (exact) mass is 565 g/mol. The second-order valence-corrected chi connectivity index (χ2v) is 13.3. The van der Waals surface area contributed by atoms with Crippen LogP contribution in [-0.2, 0) is 34.7 Å². The molecule has 216 valence electrons. The van der Waals surface area contributed by atoms with Crippen molar-refractivity contribution in [2.24, 2.45) is 5.92 Å². The number of sulfone groups is 1. The number of ether oxygens (including phenoxy) is 1. The van der Waals surface area contributed by atoms with Crippen LogP contribution in [0, 0.1) is 5.92 Å². The predicted molar refractivity (Wildman–Crippen MR) is 143 cm³/mol. The Kier molecular flexibility index (Phi) is 9.98. The second-order valence-electron chi connectivity index (χ2n) is 11.2. The number of carboxylic acid groups (broad SMARTS) is 1. The first kappa shape index (κ1) is 30.4. The summed E-state index contributed by atoms with van der Waals surface area (Å²) in [6.45, 7) is 5.76. The van der Waals surface area contributed by atoms with Gasteiger partial charge in [-0.2, -0.15) is 0 Å². The molecule has 1 aromatic rings. The lowest BCUT2D eigenvalue weighted by atomic mass is 10.0. The van der Waals surface area contributed by atoms with Crippen molar-refractivity contribution < 1.29 is 37.4 Å². The number of piperazine rings is 1. The highest BCUT2D eigenvalue weighted by Crippen LogP contribution is 2.23. The van der Waals surface area contributed by atoms with E-state index in [1.807, 2.05) is 0 Å². The summed E-state index contributed by atoms with van der Waals surface area (Å²) >= 11 is 0. The van der Waals surface area contributed by atoms with Gasteiger partial charge in [0.25, 0.3) is 0 Å². The van der Waals surface area contributed by atoms with Crippen molar-refractivity contribution >= 4 is 33.7 Å². The van der Waals surface area contributed by atoms with Crippen molar-refractivity contribution in [2.45, 2.75) is 63.9 Å². The van der Waals surface area contributed by atoms with Gasteiger partial charge >= 0.3 is 12.1 Å². The number of carbonyl (C=O) groups is 4. The number of aliphatic carboxylic acids is 1. The molecule has 3 amide bonds. The average Bonchev–Trinajstić information content (AvgIpc) is 2.87. The van der Waals surface area contributed by atoms with E-state index >= 15 is 0 Å². The Bertz CT molecular complexity index is 1140. The van der Waals surface area contributed by atoms with Gasteiger partial charge in [-0.1, -0.05) is 30.3 Å². The number of piperidine rings is 1. The molecule has 0 aromatic heterocycles. The standard InChI is InChI=1S/C27H39N3O8S/c1-27(2,3)38-26(35)29-14-15-30(22(17-29)25(33)34)24(32)21(16-23(31)28-12-8-5-9-13-28)19-39(36,37)18-20-10-6-4-7-11-20/h4,6-7,10-11,21-22H,5,8-9,12-19H2,1-3H3,(H,33,34)/t21-,22-/m0/s1. The van der Waals surface area contributed by atoms with E-state index in [1.54, 1.807) is 56.0 Å². The Morgan fingerprint density at radius 2 is 1.62 bits per heavy atom. The molecule has 0 spiro atoms. The molecule has 0 radical (unpaired) electrons. The molecule has 0 bridgehead atoms. The van der Waals surface area contributed by atoms with Crippen molar-refractivity contribution in [2.75, 3.05) is 38.5 Å². The zero-order chi connectivity index (χ0) is 28.8. The van der Waals surface area contributed by atoms with Gasteiger partial charge in [0.1, 0.15) is 11.6 Å². The van der Waals surface area contributed by atoms with Crippen LogP contribution in [0.15, 0.2) is 30.3 Å². The zero-order valence-corrected chi connectivity index (χ0v) is 23.7. The fourth-order valence-electron chi connectivity index (χ4n) is 4.88. The largest absolute Gasteiger partial charge is 0.480 e. The van der Waals surface area contributed by atoms with Crippen LogP contribution in [0.1, 0.15) is 52.0 Å². The molecule has 2 aliphatic rings. The second kappa shape index (κ2) is 12.8. The summed E-state index contributed by atoms with van der Waals surface area (Å²) in [6.07, 6.45) is 1.66. The van der Waals surface area contributed by atoms with Crippen molar-refractivity contribution in [3.05, 3.63) is 35.9 Å².